The zero-order chi connectivity index (χ0) is 34.2. The average molecular weight is 689 g/mol. The van der Waals surface area contributed by atoms with E-state index in [1.165, 1.54) is 26.5 Å². The van der Waals surface area contributed by atoms with Crippen LogP contribution in [0.5, 0.6) is 0 Å². The highest BCUT2D eigenvalue weighted by Gasteiger charge is 2.36. The lowest BCUT2D eigenvalue weighted by Gasteiger charge is -2.36. The molecule has 1 saturated carbocycles. The van der Waals surface area contributed by atoms with Gasteiger partial charge in [0.15, 0.2) is 0 Å². The molecule has 0 aliphatic heterocycles. The minimum atomic E-state index is -0.579. The van der Waals surface area contributed by atoms with Crippen molar-refractivity contribution in [3.63, 3.8) is 0 Å². The minimum Gasteiger partial charge on any atom is -0.466 e. The van der Waals surface area contributed by atoms with E-state index in [9.17, 15) is 24.0 Å². The highest BCUT2D eigenvalue weighted by Crippen LogP contribution is 2.39. The molecule has 1 N–H and O–H groups in total. The first-order valence-electron chi connectivity index (χ1n) is 17.5. The Morgan fingerprint density at radius 3 is 1.67 bits per heavy atom. The van der Waals surface area contributed by atoms with Gasteiger partial charge in [-0.05, 0) is 50.9 Å². The van der Waals surface area contributed by atoms with Gasteiger partial charge in [0.1, 0.15) is 19.8 Å². The van der Waals surface area contributed by atoms with Crippen LogP contribution in [-0.2, 0) is 33.4 Å². The Kier molecular flexibility index (Phi) is 23.0. The molecule has 12 heteroatoms. The Morgan fingerprint density at radius 1 is 0.696 bits per heavy atom. The molecule has 0 aromatic heterocycles. The predicted octanol–water partition coefficient (Wildman–Crippen LogP) is 7.33. The number of carbonyl (C=O) groups is 5. The zero-order valence-electron chi connectivity index (χ0n) is 29.0. The van der Waals surface area contributed by atoms with E-state index in [-0.39, 0.29) is 54.8 Å². The van der Waals surface area contributed by atoms with Crippen LogP contribution in [0.15, 0.2) is 0 Å². The second-order valence-electron chi connectivity index (χ2n) is 12.2. The lowest BCUT2D eigenvalue weighted by atomic mass is 9.72. The molecule has 0 atom stereocenters. The van der Waals surface area contributed by atoms with Crippen molar-refractivity contribution >= 4 is 51.4 Å². The first-order chi connectivity index (χ1) is 22.2. The van der Waals surface area contributed by atoms with Crippen molar-refractivity contribution in [3.8, 4) is 0 Å². The van der Waals surface area contributed by atoms with Gasteiger partial charge in [-0.3, -0.25) is 24.1 Å². The molecule has 0 heterocycles. The van der Waals surface area contributed by atoms with E-state index in [1.807, 2.05) is 27.7 Å². The van der Waals surface area contributed by atoms with Gasteiger partial charge in [0.2, 0.25) is 11.8 Å². The second-order valence-corrected chi connectivity index (χ2v) is 14.9. The minimum absolute atomic E-state index is 0.150. The summed E-state index contributed by atoms with van der Waals surface area (Å²) in [5.41, 5.74) is -0.275. The fourth-order valence-corrected chi connectivity index (χ4v) is 7.73. The summed E-state index contributed by atoms with van der Waals surface area (Å²) in [6.45, 7) is 10.6. The number of nitrogens with one attached hydrogen (secondary N) is 1. The lowest BCUT2D eigenvalue weighted by Crippen LogP contribution is -2.47. The summed E-state index contributed by atoms with van der Waals surface area (Å²) in [7, 11) is 2.99. The van der Waals surface area contributed by atoms with Crippen LogP contribution in [-0.4, -0.2) is 79.2 Å². The smallest absolute Gasteiger partial charge is 0.407 e. The zero-order valence-corrected chi connectivity index (χ0v) is 30.7. The van der Waals surface area contributed by atoms with Gasteiger partial charge in [-0.25, -0.2) is 4.79 Å². The van der Waals surface area contributed by atoms with E-state index in [2.05, 4.69) is 5.32 Å². The van der Waals surface area contributed by atoms with Gasteiger partial charge in [-0.15, -0.1) is 0 Å². The number of carbonyl (C=O) groups excluding carboxylic acids is 5. The summed E-state index contributed by atoms with van der Waals surface area (Å²) in [6.07, 6.45) is 10.8. The van der Waals surface area contributed by atoms with Crippen LogP contribution in [0.4, 0.5) is 4.79 Å². The highest BCUT2D eigenvalue weighted by atomic mass is 33.1. The number of ether oxygens (including phenoxy) is 3. The van der Waals surface area contributed by atoms with E-state index >= 15 is 0 Å². The summed E-state index contributed by atoms with van der Waals surface area (Å²) in [6, 6.07) is 0. The fraction of sp³-hybridized carbons (Fsp3) is 0.853. The van der Waals surface area contributed by atoms with Crippen molar-refractivity contribution in [1.82, 2.24) is 10.2 Å². The van der Waals surface area contributed by atoms with E-state index in [0.29, 0.717) is 56.8 Å². The molecule has 266 valence electrons. The van der Waals surface area contributed by atoms with Crippen LogP contribution in [0.1, 0.15) is 125 Å². The van der Waals surface area contributed by atoms with Gasteiger partial charge in [-0.1, -0.05) is 94.2 Å². The van der Waals surface area contributed by atoms with Crippen LogP contribution in [0, 0.1) is 17.3 Å². The standard InChI is InChI=1S/C34H60N2O8S2/c1-6-14-27(15-7-2)31(39)36(32(40)28(16-8-3)17-9-4)25-30(38)43-20-22-45-46-23-21-44-33(41)35-26-34(18-12-11-13-19-34)24-29(37)42-10-5/h27-28H,6-26H2,1-5H3,(H,35,41). The molecule has 0 unspecified atom stereocenters. The molecule has 0 saturated heterocycles. The van der Waals surface area contributed by atoms with E-state index in [0.717, 1.165) is 57.8 Å². The molecule has 1 aliphatic carbocycles. The number of hydrogen-bond acceptors (Lipinski definition) is 10. The first-order valence-corrected chi connectivity index (χ1v) is 20.0. The van der Waals surface area contributed by atoms with E-state index in [1.54, 1.807) is 6.92 Å². The number of nitrogens with zero attached hydrogens (tertiary/aromatic N) is 1. The third-order valence-electron chi connectivity index (χ3n) is 8.33. The normalized spacial score (nSPS) is 14.2. The van der Waals surface area contributed by atoms with Gasteiger partial charge in [0.25, 0.3) is 0 Å². The van der Waals surface area contributed by atoms with Crippen LogP contribution in [0.3, 0.4) is 0 Å². The number of imide groups is 1. The number of hydrogen-bond donors (Lipinski definition) is 1. The molecule has 0 radical (unpaired) electrons. The van der Waals surface area contributed by atoms with Crippen molar-refractivity contribution in [1.29, 1.82) is 0 Å². The topological polar surface area (TPSA) is 128 Å². The van der Waals surface area contributed by atoms with Gasteiger partial charge in [0, 0.05) is 29.9 Å². The van der Waals surface area contributed by atoms with Crippen LogP contribution in [0.2, 0.25) is 0 Å². The SMILES string of the molecule is CCCC(CCC)C(=O)N(CC(=O)OCCSSCCOC(=O)NCC1(CC(=O)OCC)CCCCC1)C(=O)C(CCC)CCC. The maximum absolute atomic E-state index is 13.5. The number of amides is 3. The van der Waals surface area contributed by atoms with Gasteiger partial charge < -0.3 is 19.5 Å². The molecule has 0 aromatic rings. The van der Waals surface area contributed by atoms with Crippen molar-refractivity contribution < 1.29 is 38.2 Å². The number of esters is 2. The Bertz CT molecular complexity index is 874. The summed E-state index contributed by atoms with van der Waals surface area (Å²) < 4.78 is 15.9. The van der Waals surface area contributed by atoms with Crippen molar-refractivity contribution in [3.05, 3.63) is 0 Å². The molecule has 1 rings (SSSR count). The number of rotatable bonds is 24. The summed E-state index contributed by atoms with van der Waals surface area (Å²) >= 11 is 0. The second kappa shape index (κ2) is 25.1. The maximum atomic E-state index is 13.5. The molecule has 1 aliphatic rings. The summed E-state index contributed by atoms with van der Waals surface area (Å²) in [5.74, 6) is -0.793. The first kappa shape index (κ1) is 42.1. The van der Waals surface area contributed by atoms with Gasteiger partial charge in [0.05, 0.1) is 13.0 Å². The molecule has 3 amide bonds. The average Bonchev–Trinajstić information content (AvgIpc) is 3.03. The number of alkyl carbamates (subject to hydrolysis) is 1. The Hall–Kier alpha value is -1.95. The largest absolute Gasteiger partial charge is 0.466 e. The quantitative estimate of drug-likeness (QED) is 0.0476. The third kappa shape index (κ3) is 16.7. The van der Waals surface area contributed by atoms with E-state index < -0.39 is 12.1 Å². The molecule has 0 bridgehead atoms. The molecule has 46 heavy (non-hydrogen) atoms. The molecular weight excluding hydrogens is 629 g/mol. The van der Waals surface area contributed by atoms with Gasteiger partial charge in [-0.2, -0.15) is 0 Å². The third-order valence-corrected chi connectivity index (χ3v) is 10.7. The molecular formula is C34H60N2O8S2. The molecule has 0 spiro atoms. The lowest BCUT2D eigenvalue weighted by molar-refractivity contribution is -0.159. The van der Waals surface area contributed by atoms with Crippen LogP contribution < -0.4 is 5.32 Å². The van der Waals surface area contributed by atoms with Crippen molar-refractivity contribution in [2.45, 2.75) is 125 Å². The van der Waals surface area contributed by atoms with Crippen LogP contribution >= 0.6 is 21.6 Å². The fourth-order valence-electron chi connectivity index (χ4n) is 6.08. The summed E-state index contributed by atoms with van der Waals surface area (Å²) in [4.78, 5) is 65.3. The highest BCUT2D eigenvalue weighted by molar-refractivity contribution is 8.76. The molecule has 10 nitrogen and oxygen atoms in total. The Morgan fingerprint density at radius 2 is 1.20 bits per heavy atom. The summed E-state index contributed by atoms with van der Waals surface area (Å²) in [5, 5.41) is 2.84. The van der Waals surface area contributed by atoms with E-state index in [4.69, 9.17) is 14.2 Å². The Labute approximate surface area is 285 Å². The Balaban J connectivity index is 2.46. The monoisotopic (exact) mass is 688 g/mol. The van der Waals surface area contributed by atoms with Gasteiger partial charge >= 0.3 is 18.0 Å². The van der Waals surface area contributed by atoms with Crippen LogP contribution in [0.25, 0.3) is 0 Å². The van der Waals surface area contributed by atoms with Crippen molar-refractivity contribution in [2.24, 2.45) is 17.3 Å². The predicted molar refractivity (Wildman–Crippen MR) is 185 cm³/mol. The molecule has 0 aromatic carbocycles. The molecule has 1 fully saturated rings. The van der Waals surface area contributed by atoms with Crippen molar-refractivity contribution in [2.75, 3.05) is 44.4 Å². The maximum Gasteiger partial charge on any atom is 0.407 e.